The fourth-order valence-corrected chi connectivity index (χ4v) is 1.47. The maximum Gasteiger partial charge on any atom is 0.253 e. The molecule has 0 unspecified atom stereocenters. The fraction of sp³-hybridized carbons (Fsp3) is 0.154. The van der Waals surface area contributed by atoms with Gasteiger partial charge in [0.1, 0.15) is 5.75 Å². The summed E-state index contributed by atoms with van der Waals surface area (Å²) in [5.74, 6) is 0.172. The monoisotopic (exact) mass is 259 g/mol. The molecule has 0 spiro atoms. The van der Waals surface area contributed by atoms with Gasteiger partial charge in [-0.05, 0) is 11.6 Å². The normalized spacial score (nSPS) is 9.95. The fourth-order valence-electron chi connectivity index (χ4n) is 1.47. The Morgan fingerprint density at radius 1 is 1.37 bits per heavy atom. The third-order valence-corrected chi connectivity index (χ3v) is 2.45. The minimum atomic E-state index is -0.306. The van der Waals surface area contributed by atoms with Crippen LogP contribution in [0, 0.1) is 0 Å². The summed E-state index contributed by atoms with van der Waals surface area (Å²) in [6, 6.07) is 4.89. The minimum absolute atomic E-state index is 0.0428. The molecule has 19 heavy (non-hydrogen) atoms. The van der Waals surface area contributed by atoms with Crippen LogP contribution < -0.4 is 10.1 Å². The number of amides is 1. The van der Waals surface area contributed by atoms with Crippen LogP contribution in [0.15, 0.2) is 36.8 Å². The van der Waals surface area contributed by atoms with Crippen LogP contribution in [0.2, 0.25) is 0 Å². The second kappa shape index (κ2) is 5.81. The lowest BCUT2D eigenvalue weighted by molar-refractivity contribution is 0.0950. The van der Waals surface area contributed by atoms with E-state index in [2.05, 4.69) is 15.3 Å². The highest BCUT2D eigenvalue weighted by Gasteiger charge is 2.06. The summed E-state index contributed by atoms with van der Waals surface area (Å²) < 4.78 is 4.94. The SMILES string of the molecule is COc1ccc(CNC(=O)c2cncc(O)c2)cn1. The van der Waals surface area contributed by atoms with Crippen molar-refractivity contribution in [2.24, 2.45) is 0 Å². The zero-order valence-corrected chi connectivity index (χ0v) is 10.3. The number of ether oxygens (including phenoxy) is 1. The van der Waals surface area contributed by atoms with Gasteiger partial charge in [0.2, 0.25) is 5.88 Å². The van der Waals surface area contributed by atoms with E-state index < -0.39 is 0 Å². The predicted octanol–water partition coefficient (Wildman–Crippen LogP) is 1.12. The zero-order valence-electron chi connectivity index (χ0n) is 10.3. The van der Waals surface area contributed by atoms with Gasteiger partial charge in [-0.2, -0.15) is 0 Å². The molecule has 6 heteroatoms. The van der Waals surface area contributed by atoms with Crippen molar-refractivity contribution >= 4 is 5.91 Å². The van der Waals surface area contributed by atoms with E-state index in [1.54, 1.807) is 19.4 Å². The first kappa shape index (κ1) is 12.8. The summed E-state index contributed by atoms with van der Waals surface area (Å²) >= 11 is 0. The molecule has 0 bridgehead atoms. The van der Waals surface area contributed by atoms with Gasteiger partial charge in [-0.3, -0.25) is 9.78 Å². The van der Waals surface area contributed by atoms with Gasteiger partial charge in [-0.25, -0.2) is 4.98 Å². The Morgan fingerprint density at radius 2 is 2.21 bits per heavy atom. The molecule has 0 saturated heterocycles. The molecule has 2 rings (SSSR count). The number of aromatic hydroxyl groups is 1. The largest absolute Gasteiger partial charge is 0.506 e. The highest BCUT2D eigenvalue weighted by molar-refractivity contribution is 5.94. The highest BCUT2D eigenvalue weighted by atomic mass is 16.5. The van der Waals surface area contributed by atoms with Gasteiger partial charge in [-0.1, -0.05) is 6.07 Å². The van der Waals surface area contributed by atoms with E-state index in [4.69, 9.17) is 4.74 Å². The molecule has 0 fully saturated rings. The quantitative estimate of drug-likeness (QED) is 0.859. The Kier molecular flexibility index (Phi) is 3.92. The molecule has 2 aromatic rings. The summed E-state index contributed by atoms with van der Waals surface area (Å²) in [6.07, 6.45) is 4.28. The second-order valence-electron chi connectivity index (χ2n) is 3.82. The standard InChI is InChI=1S/C13H13N3O3/c1-19-12-3-2-9(5-15-12)6-16-13(18)10-4-11(17)8-14-7-10/h2-5,7-8,17H,6H2,1H3,(H,16,18). The summed E-state index contributed by atoms with van der Waals surface area (Å²) in [5, 5.41) is 11.9. The second-order valence-corrected chi connectivity index (χ2v) is 3.82. The van der Waals surface area contributed by atoms with Crippen LogP contribution in [0.1, 0.15) is 15.9 Å². The van der Waals surface area contributed by atoms with E-state index in [0.29, 0.717) is 18.0 Å². The maximum absolute atomic E-state index is 11.8. The Bertz CT molecular complexity index is 570. The van der Waals surface area contributed by atoms with E-state index in [1.165, 1.54) is 18.5 Å². The molecule has 2 N–H and O–H groups in total. The van der Waals surface area contributed by atoms with Crippen LogP contribution in [0.5, 0.6) is 11.6 Å². The Balaban J connectivity index is 1.96. The molecular weight excluding hydrogens is 246 g/mol. The molecular formula is C13H13N3O3. The van der Waals surface area contributed by atoms with Crippen LogP contribution in [0.3, 0.4) is 0 Å². The molecule has 1 amide bonds. The van der Waals surface area contributed by atoms with Gasteiger partial charge in [0.25, 0.3) is 5.91 Å². The van der Waals surface area contributed by atoms with Gasteiger partial charge in [0, 0.05) is 25.0 Å². The number of rotatable bonds is 4. The average molecular weight is 259 g/mol. The number of hydrogen-bond donors (Lipinski definition) is 2. The van der Waals surface area contributed by atoms with Gasteiger partial charge >= 0.3 is 0 Å². The summed E-state index contributed by atoms with van der Waals surface area (Å²) in [5.41, 5.74) is 1.16. The number of aromatic nitrogens is 2. The molecule has 0 aromatic carbocycles. The van der Waals surface area contributed by atoms with Crippen LogP contribution in [0.25, 0.3) is 0 Å². The Labute approximate surface area is 110 Å². The summed E-state index contributed by atoms with van der Waals surface area (Å²) in [7, 11) is 1.54. The minimum Gasteiger partial charge on any atom is -0.506 e. The van der Waals surface area contributed by atoms with Gasteiger partial charge in [0.15, 0.2) is 0 Å². The lowest BCUT2D eigenvalue weighted by Gasteiger charge is -2.05. The molecule has 0 radical (unpaired) electrons. The number of hydrogen-bond acceptors (Lipinski definition) is 5. The van der Waals surface area contributed by atoms with Crippen LogP contribution in [-0.4, -0.2) is 28.1 Å². The van der Waals surface area contributed by atoms with Gasteiger partial charge in [-0.15, -0.1) is 0 Å². The maximum atomic E-state index is 11.8. The van der Waals surface area contributed by atoms with E-state index in [9.17, 15) is 9.90 Å². The first-order valence-corrected chi connectivity index (χ1v) is 5.60. The topological polar surface area (TPSA) is 84.3 Å². The van der Waals surface area contributed by atoms with Gasteiger partial charge < -0.3 is 15.2 Å². The molecule has 6 nitrogen and oxygen atoms in total. The average Bonchev–Trinajstić information content (AvgIpc) is 2.45. The van der Waals surface area contributed by atoms with Crippen molar-refractivity contribution in [1.82, 2.24) is 15.3 Å². The molecule has 0 atom stereocenters. The summed E-state index contributed by atoms with van der Waals surface area (Å²) in [6.45, 7) is 0.339. The lowest BCUT2D eigenvalue weighted by atomic mass is 10.2. The summed E-state index contributed by atoms with van der Waals surface area (Å²) in [4.78, 5) is 19.6. The van der Waals surface area contributed by atoms with Crippen molar-refractivity contribution in [2.45, 2.75) is 6.54 Å². The molecule has 2 heterocycles. The number of nitrogens with one attached hydrogen (secondary N) is 1. The van der Waals surface area contributed by atoms with Crippen molar-refractivity contribution in [3.8, 4) is 11.6 Å². The molecule has 98 valence electrons. The third kappa shape index (κ3) is 3.41. The zero-order chi connectivity index (χ0) is 13.7. The lowest BCUT2D eigenvalue weighted by Crippen LogP contribution is -2.22. The number of nitrogens with zero attached hydrogens (tertiary/aromatic N) is 2. The van der Waals surface area contributed by atoms with E-state index >= 15 is 0 Å². The van der Waals surface area contributed by atoms with Crippen molar-refractivity contribution in [2.75, 3.05) is 7.11 Å². The number of methoxy groups -OCH3 is 1. The Morgan fingerprint density at radius 3 is 2.84 bits per heavy atom. The Hall–Kier alpha value is -2.63. The van der Waals surface area contributed by atoms with E-state index in [0.717, 1.165) is 5.56 Å². The van der Waals surface area contributed by atoms with Crippen molar-refractivity contribution < 1.29 is 14.6 Å². The van der Waals surface area contributed by atoms with Gasteiger partial charge in [0.05, 0.1) is 18.9 Å². The number of carbonyl (C=O) groups excluding carboxylic acids is 1. The van der Waals surface area contributed by atoms with Crippen molar-refractivity contribution in [1.29, 1.82) is 0 Å². The first-order chi connectivity index (χ1) is 9.19. The van der Waals surface area contributed by atoms with Crippen molar-refractivity contribution in [3.05, 3.63) is 47.9 Å². The molecule has 2 aromatic heterocycles. The van der Waals surface area contributed by atoms with Crippen LogP contribution >= 0.6 is 0 Å². The molecule has 0 aliphatic rings. The van der Waals surface area contributed by atoms with Crippen LogP contribution in [0.4, 0.5) is 0 Å². The third-order valence-electron chi connectivity index (χ3n) is 2.45. The highest BCUT2D eigenvalue weighted by Crippen LogP contribution is 2.09. The van der Waals surface area contributed by atoms with E-state index in [1.807, 2.05) is 6.07 Å². The molecule has 0 saturated carbocycles. The number of carbonyl (C=O) groups is 1. The first-order valence-electron chi connectivity index (χ1n) is 5.60. The van der Waals surface area contributed by atoms with E-state index in [-0.39, 0.29) is 11.7 Å². The van der Waals surface area contributed by atoms with Crippen LogP contribution in [-0.2, 0) is 6.54 Å². The molecule has 0 aliphatic carbocycles. The number of pyridine rings is 2. The van der Waals surface area contributed by atoms with Crippen molar-refractivity contribution in [3.63, 3.8) is 0 Å². The predicted molar refractivity (Wildman–Crippen MR) is 67.9 cm³/mol. The smallest absolute Gasteiger partial charge is 0.253 e. The molecule has 0 aliphatic heterocycles.